The molecular weight excluding hydrogens is 1150 g/mol. The van der Waals surface area contributed by atoms with Gasteiger partial charge in [-0.05, 0) is 169 Å². The zero-order valence-corrected chi connectivity index (χ0v) is 43.1. The SMILES string of the molecule is O=C(OC(CS(=O)(=O)[O-])C(F)(F)F)C12CC3CC(CC(C3)C1)C2.O=C(OC(CS(=O)(=O)[O-])C(F)(F)F)C12CC3CC(CC(C3)C1)C2.O=C(OC(CS(=O)(=O)[O-])C(F)(F)F)C12CC3CC(CC(C3)C1)C2.[Ce+3]. The summed E-state index contributed by atoms with van der Waals surface area (Å²) in [6.07, 6.45) is -10.3. The molecule has 397 valence electrons. The van der Waals surface area contributed by atoms with Gasteiger partial charge in [-0.15, -0.1) is 0 Å². The molecule has 12 rings (SSSR count). The molecule has 1 radical (unpaired) electrons. The molecule has 12 fully saturated rings. The second-order valence-corrected chi connectivity index (χ2v) is 26.4. The van der Waals surface area contributed by atoms with E-state index >= 15 is 0 Å². The van der Waals surface area contributed by atoms with Crippen LogP contribution in [-0.4, -0.2) is 111 Å². The molecule has 15 nitrogen and oxygen atoms in total. The number of halogens is 9. The first-order chi connectivity index (χ1) is 31.4. The standard InChI is InChI=1S/3C14H19F3O5S.Ce/c3*15-14(16,17)11(7-23(19,20)21)22-12(18)13-4-8-1-9(5-13)3-10(2-8)6-13;/h3*8-11H,1-7H2,(H,19,20,21);/q;;;+3/p-3. The Morgan fingerprint density at radius 2 is 0.529 bits per heavy atom. The second kappa shape index (κ2) is 20.4. The molecule has 12 aliphatic carbocycles. The maximum Gasteiger partial charge on any atom is 3.00 e. The van der Waals surface area contributed by atoms with Crippen LogP contribution in [0.15, 0.2) is 0 Å². The molecule has 0 aliphatic heterocycles. The van der Waals surface area contributed by atoms with Gasteiger partial charge in [0.25, 0.3) is 0 Å². The van der Waals surface area contributed by atoms with Gasteiger partial charge in [0, 0.05) is 0 Å². The molecule has 0 heterocycles. The summed E-state index contributed by atoms with van der Waals surface area (Å²) in [6, 6.07) is 0. The van der Waals surface area contributed by atoms with Gasteiger partial charge < -0.3 is 27.9 Å². The van der Waals surface area contributed by atoms with E-state index in [9.17, 15) is 92.8 Å². The van der Waals surface area contributed by atoms with Crippen LogP contribution in [0.25, 0.3) is 0 Å². The Kier molecular flexibility index (Phi) is 17.0. The third kappa shape index (κ3) is 14.2. The van der Waals surface area contributed by atoms with Gasteiger partial charge in [-0.1, -0.05) is 0 Å². The fraction of sp³-hybridized carbons (Fsp3) is 0.929. The first-order valence-electron chi connectivity index (χ1n) is 23.0. The average molecular weight is 1210 g/mol. The minimum Gasteiger partial charge on any atom is -0.748 e. The summed E-state index contributed by atoms with van der Waals surface area (Å²) in [4.78, 5) is 37.3. The maximum absolute atomic E-state index is 12.9. The first kappa shape index (κ1) is 58.2. The van der Waals surface area contributed by atoms with Crippen LogP contribution in [0.2, 0.25) is 0 Å². The Balaban J connectivity index is 0.000000171. The summed E-state index contributed by atoms with van der Waals surface area (Å²) in [6.45, 7) is 0. The number of hydrogen-bond acceptors (Lipinski definition) is 15. The van der Waals surface area contributed by atoms with Crippen molar-refractivity contribution in [3.63, 3.8) is 0 Å². The predicted molar refractivity (Wildman–Crippen MR) is 213 cm³/mol. The van der Waals surface area contributed by atoms with Crippen molar-refractivity contribution in [2.45, 2.75) is 152 Å². The quantitative estimate of drug-likeness (QED) is 0.0857. The summed E-state index contributed by atoms with van der Waals surface area (Å²) >= 11 is 0. The summed E-state index contributed by atoms with van der Waals surface area (Å²) < 4.78 is 226. The van der Waals surface area contributed by atoms with E-state index in [-0.39, 0.29) is 41.7 Å². The van der Waals surface area contributed by atoms with Crippen LogP contribution in [-0.2, 0) is 58.9 Å². The van der Waals surface area contributed by atoms with Crippen LogP contribution >= 0.6 is 0 Å². The van der Waals surface area contributed by atoms with Crippen LogP contribution in [0.3, 0.4) is 0 Å². The topological polar surface area (TPSA) is 250 Å². The molecule has 3 unspecified atom stereocenters. The zero-order valence-electron chi connectivity index (χ0n) is 37.5. The third-order valence-electron chi connectivity index (χ3n) is 16.3. The molecule has 0 spiro atoms. The molecule has 3 atom stereocenters. The number of rotatable bonds is 12. The van der Waals surface area contributed by atoms with Gasteiger partial charge >= 0.3 is 78.2 Å². The minimum absolute atomic E-state index is 0. The van der Waals surface area contributed by atoms with Gasteiger partial charge in [-0.2, -0.15) is 39.5 Å². The van der Waals surface area contributed by atoms with Gasteiger partial charge in [0.2, 0.25) is 18.3 Å². The van der Waals surface area contributed by atoms with Gasteiger partial charge in [0.1, 0.15) is 0 Å². The van der Waals surface area contributed by atoms with E-state index in [1.807, 2.05) is 0 Å². The predicted octanol–water partition coefficient (Wildman–Crippen LogP) is 6.67. The third-order valence-corrected chi connectivity index (χ3v) is 18.5. The number of carbonyl (C=O) groups is 3. The molecule has 12 saturated carbocycles. The average Bonchev–Trinajstić information content (AvgIpc) is 3.13. The summed E-state index contributed by atoms with van der Waals surface area (Å²) in [7, 11) is -15.5. The zero-order chi connectivity index (χ0) is 51.1. The number of esters is 3. The molecule has 0 saturated heterocycles. The Morgan fingerprint density at radius 1 is 0.386 bits per heavy atom. The molecule has 0 aromatic carbocycles. The van der Waals surface area contributed by atoms with Crippen LogP contribution in [0, 0.1) is 111 Å². The monoisotopic (exact) mass is 1210 g/mol. The molecule has 0 N–H and O–H groups in total. The Bertz CT molecular complexity index is 1950. The van der Waals surface area contributed by atoms with Crippen molar-refractivity contribution in [3.8, 4) is 0 Å². The number of ether oxygens (including phenoxy) is 3. The van der Waals surface area contributed by atoms with Crippen LogP contribution < -0.4 is 0 Å². The molecule has 70 heavy (non-hydrogen) atoms. The molecule has 12 aliphatic rings. The van der Waals surface area contributed by atoms with Gasteiger partial charge in [-0.3, -0.25) is 14.4 Å². The van der Waals surface area contributed by atoms with Gasteiger partial charge in [-0.25, -0.2) is 25.3 Å². The van der Waals surface area contributed by atoms with E-state index in [1.54, 1.807) is 0 Å². The summed E-state index contributed by atoms with van der Waals surface area (Å²) in [5.41, 5.74) is -2.78. The van der Waals surface area contributed by atoms with Gasteiger partial charge in [0.15, 0.2) is 0 Å². The maximum atomic E-state index is 12.9. The van der Waals surface area contributed by atoms with E-state index < -0.39 is 119 Å². The van der Waals surface area contributed by atoms with Crippen molar-refractivity contribution < 1.29 is 149 Å². The van der Waals surface area contributed by atoms with E-state index in [2.05, 4.69) is 14.2 Å². The van der Waals surface area contributed by atoms with Crippen molar-refractivity contribution in [1.29, 1.82) is 0 Å². The second-order valence-electron chi connectivity index (χ2n) is 22.1. The first-order valence-corrected chi connectivity index (χ1v) is 27.8. The van der Waals surface area contributed by atoms with Crippen molar-refractivity contribution >= 4 is 48.3 Å². The minimum atomic E-state index is -5.16. The van der Waals surface area contributed by atoms with Crippen LogP contribution in [0.1, 0.15) is 116 Å². The summed E-state index contributed by atoms with van der Waals surface area (Å²) in [5, 5.41) is 0. The van der Waals surface area contributed by atoms with E-state index in [4.69, 9.17) is 0 Å². The van der Waals surface area contributed by atoms with Crippen molar-refractivity contribution in [3.05, 3.63) is 0 Å². The van der Waals surface area contributed by atoms with Crippen LogP contribution in [0.5, 0.6) is 0 Å². The number of hydrogen-bond donors (Lipinski definition) is 0. The smallest absolute Gasteiger partial charge is 0.748 e. The van der Waals surface area contributed by atoms with Gasteiger partial charge in [0.05, 0.1) is 63.9 Å². The molecule has 12 bridgehead atoms. The van der Waals surface area contributed by atoms with Crippen molar-refractivity contribution in [1.82, 2.24) is 0 Å². The Morgan fingerprint density at radius 3 is 0.643 bits per heavy atom. The van der Waals surface area contributed by atoms with E-state index in [0.29, 0.717) is 111 Å². The fourth-order valence-corrected chi connectivity index (χ4v) is 16.9. The Hall–Kier alpha value is -1.11. The van der Waals surface area contributed by atoms with E-state index in [0.717, 1.165) is 57.8 Å². The largest absolute Gasteiger partial charge is 3.00 e. The van der Waals surface area contributed by atoms with Crippen molar-refractivity contribution in [2.75, 3.05) is 17.3 Å². The van der Waals surface area contributed by atoms with Crippen molar-refractivity contribution in [2.24, 2.45) is 69.5 Å². The molecule has 0 aromatic rings. The van der Waals surface area contributed by atoms with E-state index in [1.165, 1.54) is 0 Å². The molecular formula is C42H54CeF9O15S3. The molecule has 28 heteroatoms. The fourth-order valence-electron chi connectivity index (χ4n) is 15.0. The normalized spacial score (nSPS) is 37.1. The van der Waals surface area contributed by atoms with Crippen LogP contribution in [0.4, 0.5) is 39.5 Å². The summed E-state index contributed by atoms with van der Waals surface area (Å²) in [5.74, 6) is -5.25. The number of carbonyl (C=O) groups excluding carboxylic acids is 3. The number of alkyl halides is 9. The molecule has 0 amide bonds. The molecule has 0 aromatic heterocycles. The Labute approximate surface area is 433 Å².